The molecule has 0 aliphatic rings. The summed E-state index contributed by atoms with van der Waals surface area (Å²) in [5, 5.41) is 2.82. The fourth-order valence-electron chi connectivity index (χ4n) is 2.06. The van der Waals surface area contributed by atoms with Gasteiger partial charge in [0.05, 0.1) is 17.8 Å². The first-order valence-corrected chi connectivity index (χ1v) is 6.77. The van der Waals surface area contributed by atoms with Crippen molar-refractivity contribution in [2.75, 3.05) is 7.05 Å². The van der Waals surface area contributed by atoms with Gasteiger partial charge in [0, 0.05) is 16.2 Å². The van der Waals surface area contributed by atoms with E-state index in [1.807, 2.05) is 0 Å². The van der Waals surface area contributed by atoms with Crippen LogP contribution in [0.3, 0.4) is 0 Å². The Morgan fingerprint density at radius 2 is 1.95 bits per heavy atom. The largest absolute Gasteiger partial charge is 0.417 e. The summed E-state index contributed by atoms with van der Waals surface area (Å²) in [6.07, 6.45) is -2.06. The van der Waals surface area contributed by atoms with Crippen LogP contribution in [0, 0.1) is 5.82 Å². The molecule has 21 heavy (non-hydrogen) atoms. The van der Waals surface area contributed by atoms with Gasteiger partial charge in [-0.1, -0.05) is 22.0 Å². The maximum absolute atomic E-state index is 13.8. The van der Waals surface area contributed by atoms with Crippen molar-refractivity contribution in [3.8, 4) is 0 Å². The third-order valence-corrected chi connectivity index (χ3v) is 3.72. The number of benzene rings is 1. The van der Waals surface area contributed by atoms with Gasteiger partial charge >= 0.3 is 6.18 Å². The second-order valence-corrected chi connectivity index (χ2v) is 5.21. The molecule has 1 aromatic heterocycles. The van der Waals surface area contributed by atoms with Crippen molar-refractivity contribution in [1.29, 1.82) is 0 Å². The molecule has 0 bridgehead atoms. The quantitative estimate of drug-likeness (QED) is 0.823. The second-order valence-electron chi connectivity index (χ2n) is 4.36. The van der Waals surface area contributed by atoms with Crippen LogP contribution in [0.5, 0.6) is 0 Å². The molecule has 2 nitrogen and oxygen atoms in total. The maximum atomic E-state index is 13.8. The second kappa shape index (κ2) is 6.11. The monoisotopic (exact) mass is 362 g/mol. The van der Waals surface area contributed by atoms with Crippen molar-refractivity contribution in [3.63, 3.8) is 0 Å². The van der Waals surface area contributed by atoms with Gasteiger partial charge in [0.2, 0.25) is 0 Å². The lowest BCUT2D eigenvalue weighted by molar-refractivity contribution is -0.138. The first-order chi connectivity index (χ1) is 9.84. The summed E-state index contributed by atoms with van der Waals surface area (Å²) in [5.74, 6) is -0.576. The van der Waals surface area contributed by atoms with E-state index < -0.39 is 23.6 Å². The zero-order valence-corrected chi connectivity index (χ0v) is 12.5. The Morgan fingerprint density at radius 3 is 2.52 bits per heavy atom. The number of nitrogens with one attached hydrogen (secondary N) is 1. The van der Waals surface area contributed by atoms with Crippen LogP contribution >= 0.6 is 15.9 Å². The number of nitrogens with zero attached hydrogens (tertiary/aromatic N) is 1. The number of halogens is 5. The molecule has 0 radical (unpaired) electrons. The highest BCUT2D eigenvalue weighted by Crippen LogP contribution is 2.37. The highest BCUT2D eigenvalue weighted by molar-refractivity contribution is 9.10. The molecule has 0 amide bonds. The summed E-state index contributed by atoms with van der Waals surface area (Å²) in [6, 6.07) is 4.57. The van der Waals surface area contributed by atoms with E-state index in [1.54, 1.807) is 7.05 Å². The molecule has 2 aromatic rings. The zero-order valence-electron chi connectivity index (χ0n) is 10.9. The minimum absolute atomic E-state index is 0.0520. The standard InChI is InChI=1S/C14H11BrF4N2/c1-20-13(9-4-5-21-7-12(9)16)8-2-3-11(15)10(6-8)14(17,18)19/h2-7,13,20H,1H3. The Kier molecular flexibility index (Phi) is 4.63. The smallest absolute Gasteiger partial charge is 0.309 e. The number of alkyl halides is 3. The lowest BCUT2D eigenvalue weighted by atomic mass is 9.97. The average Bonchev–Trinajstić information content (AvgIpc) is 2.42. The van der Waals surface area contributed by atoms with Gasteiger partial charge in [0.1, 0.15) is 5.82 Å². The number of aromatic nitrogens is 1. The molecule has 0 fully saturated rings. The number of hydrogen-bond donors (Lipinski definition) is 1. The van der Waals surface area contributed by atoms with E-state index in [4.69, 9.17) is 0 Å². The summed E-state index contributed by atoms with van der Waals surface area (Å²) in [5.41, 5.74) is -0.240. The Balaban J connectivity index is 2.52. The highest BCUT2D eigenvalue weighted by Gasteiger charge is 2.33. The summed E-state index contributed by atoms with van der Waals surface area (Å²) >= 11 is 2.88. The molecule has 1 atom stereocenters. The molecule has 112 valence electrons. The minimum Gasteiger partial charge on any atom is -0.309 e. The lowest BCUT2D eigenvalue weighted by Gasteiger charge is -2.19. The SMILES string of the molecule is CNC(c1ccc(Br)c(C(F)(F)F)c1)c1ccncc1F. The van der Waals surface area contributed by atoms with Crippen molar-refractivity contribution in [1.82, 2.24) is 10.3 Å². The number of hydrogen-bond acceptors (Lipinski definition) is 2. The van der Waals surface area contributed by atoms with Crippen LogP contribution in [0.1, 0.15) is 22.7 Å². The summed E-state index contributed by atoms with van der Waals surface area (Å²) in [7, 11) is 1.56. The molecule has 0 aliphatic heterocycles. The van der Waals surface area contributed by atoms with Crippen molar-refractivity contribution in [3.05, 3.63) is 63.6 Å². The van der Waals surface area contributed by atoms with Crippen molar-refractivity contribution in [2.24, 2.45) is 0 Å². The van der Waals surface area contributed by atoms with Crippen LogP contribution < -0.4 is 5.32 Å². The van der Waals surface area contributed by atoms with Gasteiger partial charge in [-0.2, -0.15) is 13.2 Å². The van der Waals surface area contributed by atoms with Gasteiger partial charge in [0.25, 0.3) is 0 Å². The van der Waals surface area contributed by atoms with Crippen LogP contribution in [0.25, 0.3) is 0 Å². The van der Waals surface area contributed by atoms with Crippen molar-refractivity contribution in [2.45, 2.75) is 12.2 Å². The van der Waals surface area contributed by atoms with Crippen LogP contribution in [0.4, 0.5) is 17.6 Å². The lowest BCUT2D eigenvalue weighted by Crippen LogP contribution is -2.20. The maximum Gasteiger partial charge on any atom is 0.417 e. The number of rotatable bonds is 3. The van der Waals surface area contributed by atoms with E-state index in [0.717, 1.165) is 12.3 Å². The molecular weight excluding hydrogens is 352 g/mol. The molecular formula is C14H11BrF4N2. The Morgan fingerprint density at radius 1 is 1.24 bits per heavy atom. The fraction of sp³-hybridized carbons (Fsp3) is 0.214. The van der Waals surface area contributed by atoms with E-state index in [2.05, 4.69) is 26.2 Å². The molecule has 1 N–H and O–H groups in total. The summed E-state index contributed by atoms with van der Waals surface area (Å²) < 4.78 is 52.6. The average molecular weight is 363 g/mol. The number of pyridine rings is 1. The van der Waals surface area contributed by atoms with Crippen molar-refractivity contribution < 1.29 is 17.6 Å². The van der Waals surface area contributed by atoms with Gasteiger partial charge in [-0.15, -0.1) is 0 Å². The van der Waals surface area contributed by atoms with Gasteiger partial charge in [-0.05, 0) is 30.8 Å². The zero-order chi connectivity index (χ0) is 15.6. The fourth-order valence-corrected chi connectivity index (χ4v) is 2.53. The first-order valence-electron chi connectivity index (χ1n) is 5.98. The van der Waals surface area contributed by atoms with Gasteiger partial charge < -0.3 is 5.32 Å². The predicted molar refractivity (Wildman–Crippen MR) is 74.2 cm³/mol. The van der Waals surface area contributed by atoms with E-state index in [1.165, 1.54) is 24.4 Å². The molecule has 0 spiro atoms. The molecule has 1 heterocycles. The predicted octanol–water partition coefficient (Wildman–Crippen LogP) is 4.31. The molecule has 1 unspecified atom stereocenters. The van der Waals surface area contributed by atoms with E-state index in [0.29, 0.717) is 5.56 Å². The van der Waals surface area contributed by atoms with Gasteiger partial charge in [0.15, 0.2) is 0 Å². The van der Waals surface area contributed by atoms with Gasteiger partial charge in [-0.3, -0.25) is 4.98 Å². The van der Waals surface area contributed by atoms with Gasteiger partial charge in [-0.25, -0.2) is 4.39 Å². The van der Waals surface area contributed by atoms with Crippen LogP contribution in [-0.2, 0) is 6.18 Å². The van der Waals surface area contributed by atoms with Crippen LogP contribution in [0.15, 0.2) is 41.1 Å². The molecule has 0 saturated heterocycles. The Bertz CT molecular complexity index is 643. The highest BCUT2D eigenvalue weighted by atomic mass is 79.9. The molecule has 0 aliphatic carbocycles. The Labute approximate surface area is 127 Å². The van der Waals surface area contributed by atoms with Crippen LogP contribution in [-0.4, -0.2) is 12.0 Å². The third kappa shape index (κ3) is 3.41. The summed E-state index contributed by atoms with van der Waals surface area (Å²) in [6.45, 7) is 0. The molecule has 2 rings (SSSR count). The topological polar surface area (TPSA) is 24.9 Å². The third-order valence-electron chi connectivity index (χ3n) is 3.03. The molecule has 7 heteroatoms. The summed E-state index contributed by atoms with van der Waals surface area (Å²) in [4.78, 5) is 3.64. The van der Waals surface area contributed by atoms with Crippen molar-refractivity contribution >= 4 is 15.9 Å². The van der Waals surface area contributed by atoms with E-state index in [-0.39, 0.29) is 10.0 Å². The molecule has 1 aromatic carbocycles. The Hall–Kier alpha value is -1.47. The normalized spacial score (nSPS) is 13.2. The van der Waals surface area contributed by atoms with E-state index in [9.17, 15) is 17.6 Å². The molecule has 0 saturated carbocycles. The van der Waals surface area contributed by atoms with E-state index >= 15 is 0 Å². The van der Waals surface area contributed by atoms with Crippen LogP contribution in [0.2, 0.25) is 0 Å². The minimum atomic E-state index is -4.48. The first kappa shape index (κ1) is 15.9.